The van der Waals surface area contributed by atoms with Crippen molar-refractivity contribution in [2.45, 2.75) is 16.7 Å². The number of carbonyl (C=O) groups excluding carboxylic acids is 1. The molecule has 0 saturated heterocycles. The zero-order valence-corrected chi connectivity index (χ0v) is 14.2. The number of hydrogen-bond donors (Lipinski definition) is 0. The summed E-state index contributed by atoms with van der Waals surface area (Å²) in [6.45, 7) is 2.18. The molecule has 0 radical (unpaired) electrons. The van der Waals surface area contributed by atoms with Gasteiger partial charge < -0.3 is 9.47 Å². The van der Waals surface area contributed by atoms with Gasteiger partial charge in [0.25, 0.3) is 0 Å². The number of rotatable bonds is 5. The topological polar surface area (TPSA) is 35.5 Å². The van der Waals surface area contributed by atoms with Crippen molar-refractivity contribution >= 4 is 33.7 Å². The number of hydrogen-bond acceptors (Lipinski definition) is 4. The first kappa shape index (κ1) is 15.9. The minimum Gasteiger partial charge on any atom is -0.497 e. The Hall–Kier alpha value is -1.46. The van der Waals surface area contributed by atoms with Gasteiger partial charge in [-0.3, -0.25) is 0 Å². The lowest BCUT2D eigenvalue weighted by molar-refractivity contribution is 0.0526. The van der Waals surface area contributed by atoms with Crippen LogP contribution in [0.4, 0.5) is 0 Å². The van der Waals surface area contributed by atoms with Crippen LogP contribution in [0.2, 0.25) is 0 Å². The summed E-state index contributed by atoms with van der Waals surface area (Å²) < 4.78 is 11.1. The Morgan fingerprint density at radius 3 is 2.48 bits per heavy atom. The summed E-state index contributed by atoms with van der Waals surface area (Å²) in [5.74, 6) is 0.517. The van der Waals surface area contributed by atoms with Gasteiger partial charge in [-0.1, -0.05) is 11.8 Å². The van der Waals surface area contributed by atoms with Gasteiger partial charge in [0.15, 0.2) is 0 Å². The predicted molar refractivity (Wildman–Crippen MR) is 87.2 cm³/mol. The second-order valence-electron chi connectivity index (χ2n) is 4.14. The normalized spacial score (nSPS) is 10.2. The number of esters is 1. The molecule has 0 heterocycles. The fraction of sp³-hybridized carbons (Fsp3) is 0.188. The van der Waals surface area contributed by atoms with Gasteiger partial charge in [-0.05, 0) is 65.3 Å². The lowest BCUT2D eigenvalue weighted by Gasteiger charge is -2.07. The molecule has 0 atom stereocenters. The molecule has 5 heteroatoms. The molecule has 0 amide bonds. The van der Waals surface area contributed by atoms with Crippen LogP contribution in [0.5, 0.6) is 5.75 Å². The minimum absolute atomic E-state index is 0.292. The second-order valence-corrected chi connectivity index (χ2v) is 6.11. The largest absolute Gasteiger partial charge is 0.497 e. The third-order valence-corrected chi connectivity index (χ3v) is 4.73. The summed E-state index contributed by atoms with van der Waals surface area (Å²) >= 11 is 5.14. The predicted octanol–water partition coefficient (Wildman–Crippen LogP) is 4.79. The fourth-order valence-electron chi connectivity index (χ4n) is 1.69. The third kappa shape index (κ3) is 4.25. The average molecular weight is 367 g/mol. The SMILES string of the molecule is CCOC(=O)c1ccc(Sc2ccc(OC)cc2Br)cc1. The number of ether oxygens (including phenoxy) is 2. The molecule has 0 saturated carbocycles. The van der Waals surface area contributed by atoms with Gasteiger partial charge in [0, 0.05) is 14.3 Å². The molecule has 2 aromatic rings. The second kappa shape index (κ2) is 7.52. The molecule has 0 aliphatic heterocycles. The van der Waals surface area contributed by atoms with E-state index in [1.165, 1.54) is 0 Å². The van der Waals surface area contributed by atoms with Gasteiger partial charge in [0.05, 0.1) is 19.3 Å². The van der Waals surface area contributed by atoms with E-state index in [1.807, 2.05) is 30.3 Å². The van der Waals surface area contributed by atoms with Crippen molar-refractivity contribution in [2.75, 3.05) is 13.7 Å². The fourth-order valence-corrected chi connectivity index (χ4v) is 3.11. The molecule has 0 fully saturated rings. The van der Waals surface area contributed by atoms with E-state index < -0.39 is 0 Å². The Morgan fingerprint density at radius 2 is 1.90 bits per heavy atom. The van der Waals surface area contributed by atoms with Crippen molar-refractivity contribution < 1.29 is 14.3 Å². The Balaban J connectivity index is 2.11. The summed E-state index contributed by atoms with van der Waals surface area (Å²) in [5, 5.41) is 0. The van der Waals surface area contributed by atoms with Gasteiger partial charge in [0.1, 0.15) is 5.75 Å². The van der Waals surface area contributed by atoms with Crippen LogP contribution in [0, 0.1) is 0 Å². The molecular weight excluding hydrogens is 352 g/mol. The Bertz CT molecular complexity index is 626. The van der Waals surface area contributed by atoms with E-state index in [2.05, 4.69) is 15.9 Å². The maximum absolute atomic E-state index is 11.6. The Kier molecular flexibility index (Phi) is 5.70. The van der Waals surface area contributed by atoms with Crippen molar-refractivity contribution in [3.63, 3.8) is 0 Å². The summed E-state index contributed by atoms with van der Waals surface area (Å²) in [5.41, 5.74) is 0.565. The highest BCUT2D eigenvalue weighted by molar-refractivity contribution is 9.10. The maximum atomic E-state index is 11.6. The number of carbonyl (C=O) groups is 1. The molecule has 0 N–H and O–H groups in total. The van der Waals surface area contributed by atoms with Crippen molar-refractivity contribution in [3.05, 3.63) is 52.5 Å². The molecule has 110 valence electrons. The molecule has 0 unspecified atom stereocenters. The molecule has 2 rings (SSSR count). The maximum Gasteiger partial charge on any atom is 0.338 e. The van der Waals surface area contributed by atoms with Crippen LogP contribution in [0.15, 0.2) is 56.7 Å². The number of methoxy groups -OCH3 is 1. The molecule has 21 heavy (non-hydrogen) atoms. The molecule has 0 aromatic heterocycles. The molecule has 0 spiro atoms. The van der Waals surface area contributed by atoms with Crippen LogP contribution in [0.25, 0.3) is 0 Å². The smallest absolute Gasteiger partial charge is 0.338 e. The zero-order valence-electron chi connectivity index (χ0n) is 11.8. The van der Waals surface area contributed by atoms with Gasteiger partial charge in [-0.25, -0.2) is 4.79 Å². The van der Waals surface area contributed by atoms with Crippen LogP contribution in [-0.4, -0.2) is 19.7 Å². The third-order valence-electron chi connectivity index (χ3n) is 2.73. The van der Waals surface area contributed by atoms with Crippen LogP contribution >= 0.6 is 27.7 Å². The van der Waals surface area contributed by atoms with E-state index in [1.54, 1.807) is 37.9 Å². The first-order valence-electron chi connectivity index (χ1n) is 6.42. The summed E-state index contributed by atoms with van der Waals surface area (Å²) in [6, 6.07) is 13.2. The Morgan fingerprint density at radius 1 is 1.19 bits per heavy atom. The van der Waals surface area contributed by atoms with Crippen LogP contribution in [0.1, 0.15) is 17.3 Å². The van der Waals surface area contributed by atoms with Crippen LogP contribution in [-0.2, 0) is 4.74 Å². The highest BCUT2D eigenvalue weighted by atomic mass is 79.9. The zero-order chi connectivity index (χ0) is 15.2. The molecule has 3 nitrogen and oxygen atoms in total. The minimum atomic E-state index is -0.292. The van der Waals surface area contributed by atoms with Crippen molar-refractivity contribution in [1.82, 2.24) is 0 Å². The van der Waals surface area contributed by atoms with E-state index in [-0.39, 0.29) is 5.97 Å². The summed E-state index contributed by atoms with van der Waals surface area (Å²) in [4.78, 5) is 13.7. The van der Waals surface area contributed by atoms with Crippen molar-refractivity contribution in [2.24, 2.45) is 0 Å². The highest BCUT2D eigenvalue weighted by Gasteiger charge is 2.08. The van der Waals surface area contributed by atoms with Gasteiger partial charge in [-0.2, -0.15) is 0 Å². The average Bonchev–Trinajstić information content (AvgIpc) is 2.50. The van der Waals surface area contributed by atoms with Crippen molar-refractivity contribution in [3.8, 4) is 5.75 Å². The van der Waals surface area contributed by atoms with Gasteiger partial charge in [0.2, 0.25) is 0 Å². The lowest BCUT2D eigenvalue weighted by Crippen LogP contribution is -2.03. The van der Waals surface area contributed by atoms with E-state index in [0.717, 1.165) is 20.0 Å². The Labute approximate surface area is 136 Å². The van der Waals surface area contributed by atoms with Gasteiger partial charge >= 0.3 is 5.97 Å². The first-order chi connectivity index (χ1) is 10.1. The number of halogens is 1. The monoisotopic (exact) mass is 366 g/mol. The van der Waals surface area contributed by atoms with Gasteiger partial charge in [-0.15, -0.1) is 0 Å². The highest BCUT2D eigenvalue weighted by Crippen LogP contribution is 2.35. The summed E-state index contributed by atoms with van der Waals surface area (Å²) in [6.07, 6.45) is 0. The van der Waals surface area contributed by atoms with E-state index in [0.29, 0.717) is 12.2 Å². The number of benzene rings is 2. The molecule has 0 aliphatic carbocycles. The van der Waals surface area contributed by atoms with Crippen LogP contribution in [0.3, 0.4) is 0 Å². The standard InChI is InChI=1S/C16H15BrO3S/c1-3-20-16(18)11-4-7-13(8-5-11)21-15-9-6-12(19-2)10-14(15)17/h4-10H,3H2,1-2H3. The first-order valence-corrected chi connectivity index (χ1v) is 8.03. The van der Waals surface area contributed by atoms with E-state index >= 15 is 0 Å². The lowest BCUT2D eigenvalue weighted by atomic mass is 10.2. The summed E-state index contributed by atoms with van der Waals surface area (Å²) in [7, 11) is 1.64. The van der Waals surface area contributed by atoms with E-state index in [9.17, 15) is 4.79 Å². The van der Waals surface area contributed by atoms with Crippen LogP contribution < -0.4 is 4.74 Å². The molecule has 2 aromatic carbocycles. The molecule has 0 bridgehead atoms. The van der Waals surface area contributed by atoms with E-state index in [4.69, 9.17) is 9.47 Å². The quantitative estimate of drug-likeness (QED) is 0.712. The molecular formula is C16H15BrO3S. The van der Waals surface area contributed by atoms with Crippen molar-refractivity contribution in [1.29, 1.82) is 0 Å². The molecule has 0 aliphatic rings.